The Morgan fingerprint density at radius 2 is 2.20 bits per heavy atom. The zero-order chi connectivity index (χ0) is 11.6. The number of alkyl halides is 2. The molecule has 0 N–H and O–H groups in total. The highest BCUT2D eigenvalue weighted by atomic mass is 127. The molecule has 0 amide bonds. The highest BCUT2D eigenvalue weighted by Gasteiger charge is 2.23. The number of halogens is 4. The van der Waals surface area contributed by atoms with Gasteiger partial charge in [-0.05, 0) is 28.7 Å². The molecule has 1 aromatic heterocycles. The second kappa shape index (κ2) is 4.77. The first-order valence-corrected chi connectivity index (χ1v) is 4.77. The fourth-order valence-corrected chi connectivity index (χ4v) is 1.33. The molecule has 0 radical (unpaired) electrons. The molecule has 0 saturated heterocycles. The number of hydrogen-bond donors (Lipinski definition) is 0. The van der Waals surface area contributed by atoms with Crippen LogP contribution in [0.3, 0.4) is 0 Å². The number of carbonyl (C=O) groups is 1. The molecular weight excluding hydrogens is 326 g/mol. The number of nitrogens with zero attached hydrogens (tertiary/aromatic N) is 1. The van der Waals surface area contributed by atoms with Crippen molar-refractivity contribution in [1.82, 2.24) is 4.98 Å². The predicted molar refractivity (Wildman–Crippen MR) is 53.2 cm³/mol. The third-order valence-electron chi connectivity index (χ3n) is 1.57. The maximum atomic E-state index is 13.0. The number of ether oxygens (including phenoxy) is 1. The van der Waals surface area contributed by atoms with E-state index in [0.29, 0.717) is 6.07 Å². The summed E-state index contributed by atoms with van der Waals surface area (Å²) in [5.74, 6) is -1.87. The van der Waals surface area contributed by atoms with Crippen LogP contribution in [0, 0.1) is 9.52 Å². The zero-order valence-electron chi connectivity index (χ0n) is 7.43. The first-order valence-electron chi connectivity index (χ1n) is 3.69. The van der Waals surface area contributed by atoms with Gasteiger partial charge in [0.25, 0.3) is 6.43 Å². The van der Waals surface area contributed by atoms with Crippen LogP contribution in [0.4, 0.5) is 13.2 Å². The summed E-state index contributed by atoms with van der Waals surface area (Å²) in [5.41, 5.74) is -1.32. The molecule has 1 aromatic rings. The van der Waals surface area contributed by atoms with Crippen LogP contribution in [0.1, 0.15) is 22.5 Å². The molecule has 3 nitrogen and oxygen atoms in total. The number of esters is 1. The smallest absolute Gasteiger partial charge is 0.340 e. The van der Waals surface area contributed by atoms with E-state index in [0.717, 1.165) is 7.11 Å². The lowest BCUT2D eigenvalue weighted by Gasteiger charge is -2.07. The largest absolute Gasteiger partial charge is 0.465 e. The SMILES string of the molecule is COC(=O)c1cc(F)c(I)nc1C(F)F. The van der Waals surface area contributed by atoms with E-state index in [4.69, 9.17) is 0 Å². The molecule has 7 heteroatoms. The molecule has 0 unspecified atom stereocenters. The molecule has 0 bridgehead atoms. The summed E-state index contributed by atoms with van der Waals surface area (Å²) < 4.78 is 41.9. The van der Waals surface area contributed by atoms with E-state index >= 15 is 0 Å². The van der Waals surface area contributed by atoms with Gasteiger partial charge < -0.3 is 4.74 Å². The molecule has 0 spiro atoms. The summed E-state index contributed by atoms with van der Waals surface area (Å²) in [6.07, 6.45) is -2.95. The minimum Gasteiger partial charge on any atom is -0.465 e. The van der Waals surface area contributed by atoms with Crippen LogP contribution >= 0.6 is 22.6 Å². The first-order chi connectivity index (χ1) is 6.97. The summed E-state index contributed by atoms with van der Waals surface area (Å²) >= 11 is 1.46. The molecule has 15 heavy (non-hydrogen) atoms. The minimum atomic E-state index is -2.95. The van der Waals surface area contributed by atoms with Crippen molar-refractivity contribution in [2.24, 2.45) is 0 Å². The Hall–Kier alpha value is -0.860. The Kier molecular flexibility index (Phi) is 3.89. The van der Waals surface area contributed by atoms with Gasteiger partial charge >= 0.3 is 5.97 Å². The van der Waals surface area contributed by atoms with Crippen molar-refractivity contribution in [3.63, 3.8) is 0 Å². The van der Waals surface area contributed by atoms with Crippen molar-refractivity contribution in [3.8, 4) is 0 Å². The number of rotatable bonds is 2. The minimum absolute atomic E-state index is 0.212. The molecular formula is C8H5F3INO2. The topological polar surface area (TPSA) is 39.2 Å². The van der Waals surface area contributed by atoms with Crippen LogP contribution in [-0.4, -0.2) is 18.1 Å². The standard InChI is InChI=1S/C8H5F3INO2/c1-15-8(14)3-2-4(9)7(12)13-5(3)6(10)11/h2,6H,1H3. The van der Waals surface area contributed by atoms with E-state index in [9.17, 15) is 18.0 Å². The summed E-state index contributed by atoms with van der Waals surface area (Å²) in [5, 5.41) is 0. The van der Waals surface area contributed by atoms with Crippen LogP contribution in [0.15, 0.2) is 6.07 Å². The van der Waals surface area contributed by atoms with Crippen LogP contribution in [0.2, 0.25) is 0 Å². The van der Waals surface area contributed by atoms with Crippen LogP contribution in [-0.2, 0) is 4.74 Å². The van der Waals surface area contributed by atoms with E-state index in [2.05, 4.69) is 9.72 Å². The molecule has 0 fully saturated rings. The Morgan fingerprint density at radius 3 is 2.67 bits per heavy atom. The monoisotopic (exact) mass is 331 g/mol. The maximum Gasteiger partial charge on any atom is 0.340 e. The highest BCUT2D eigenvalue weighted by molar-refractivity contribution is 14.1. The number of methoxy groups -OCH3 is 1. The van der Waals surface area contributed by atoms with Crippen molar-refractivity contribution < 1.29 is 22.7 Å². The average Bonchev–Trinajstić information content (AvgIpc) is 2.20. The van der Waals surface area contributed by atoms with Gasteiger partial charge in [-0.3, -0.25) is 0 Å². The van der Waals surface area contributed by atoms with Gasteiger partial charge in [-0.2, -0.15) is 0 Å². The summed E-state index contributed by atoms with van der Waals surface area (Å²) in [6, 6.07) is 0.697. The quantitative estimate of drug-likeness (QED) is 0.475. The maximum absolute atomic E-state index is 13.0. The third kappa shape index (κ3) is 2.58. The first kappa shape index (κ1) is 12.2. The molecule has 0 aliphatic heterocycles. The normalized spacial score (nSPS) is 10.5. The van der Waals surface area contributed by atoms with E-state index < -0.39 is 29.5 Å². The van der Waals surface area contributed by atoms with Gasteiger partial charge in [-0.25, -0.2) is 22.9 Å². The third-order valence-corrected chi connectivity index (χ3v) is 2.33. The van der Waals surface area contributed by atoms with E-state index in [1.165, 1.54) is 22.6 Å². The average molecular weight is 331 g/mol. The van der Waals surface area contributed by atoms with Gasteiger partial charge in [-0.1, -0.05) is 0 Å². The van der Waals surface area contributed by atoms with Gasteiger partial charge in [-0.15, -0.1) is 0 Å². The Labute approximate surface area is 96.8 Å². The zero-order valence-corrected chi connectivity index (χ0v) is 9.59. The van der Waals surface area contributed by atoms with Crippen LogP contribution in [0.25, 0.3) is 0 Å². The summed E-state index contributed by atoms with van der Waals surface area (Å²) in [6.45, 7) is 0. The lowest BCUT2D eigenvalue weighted by molar-refractivity contribution is 0.0586. The summed E-state index contributed by atoms with van der Waals surface area (Å²) in [4.78, 5) is 14.3. The lowest BCUT2D eigenvalue weighted by atomic mass is 10.2. The van der Waals surface area contributed by atoms with Gasteiger partial charge in [0, 0.05) is 0 Å². The van der Waals surface area contributed by atoms with Crippen molar-refractivity contribution in [1.29, 1.82) is 0 Å². The fraction of sp³-hybridized carbons (Fsp3) is 0.250. The molecule has 1 rings (SSSR count). The molecule has 0 aromatic carbocycles. The second-order valence-electron chi connectivity index (χ2n) is 2.49. The number of pyridine rings is 1. The van der Waals surface area contributed by atoms with Crippen molar-refractivity contribution in [2.75, 3.05) is 7.11 Å². The summed E-state index contributed by atoms with van der Waals surface area (Å²) in [7, 11) is 1.02. The Bertz CT molecular complexity index is 398. The van der Waals surface area contributed by atoms with Gasteiger partial charge in [0.15, 0.2) is 5.82 Å². The lowest BCUT2D eigenvalue weighted by Crippen LogP contribution is -2.10. The van der Waals surface area contributed by atoms with Crippen molar-refractivity contribution in [3.05, 3.63) is 26.8 Å². The Morgan fingerprint density at radius 1 is 1.60 bits per heavy atom. The number of carbonyl (C=O) groups excluding carboxylic acids is 1. The number of aromatic nitrogens is 1. The molecule has 0 aliphatic rings. The van der Waals surface area contributed by atoms with E-state index in [1.807, 2.05) is 0 Å². The molecule has 0 atom stereocenters. The molecule has 1 heterocycles. The van der Waals surface area contributed by atoms with Crippen molar-refractivity contribution in [2.45, 2.75) is 6.43 Å². The van der Waals surface area contributed by atoms with Gasteiger partial charge in [0.2, 0.25) is 0 Å². The Balaban J connectivity index is 3.34. The van der Waals surface area contributed by atoms with Crippen molar-refractivity contribution >= 4 is 28.6 Å². The number of hydrogen-bond acceptors (Lipinski definition) is 3. The van der Waals surface area contributed by atoms with Gasteiger partial charge in [0.05, 0.1) is 12.7 Å². The molecule has 0 aliphatic carbocycles. The van der Waals surface area contributed by atoms with Gasteiger partial charge in [0.1, 0.15) is 9.39 Å². The predicted octanol–water partition coefficient (Wildman–Crippen LogP) is 2.55. The highest BCUT2D eigenvalue weighted by Crippen LogP contribution is 2.24. The molecule has 0 saturated carbocycles. The van der Waals surface area contributed by atoms with Crippen LogP contribution in [0.5, 0.6) is 0 Å². The second-order valence-corrected chi connectivity index (χ2v) is 3.51. The van der Waals surface area contributed by atoms with E-state index in [-0.39, 0.29) is 3.70 Å². The van der Waals surface area contributed by atoms with E-state index in [1.54, 1.807) is 0 Å². The fourth-order valence-electron chi connectivity index (χ4n) is 0.919. The van der Waals surface area contributed by atoms with Crippen LogP contribution < -0.4 is 0 Å². The molecule has 82 valence electrons.